The van der Waals surface area contributed by atoms with Gasteiger partial charge in [-0.2, -0.15) is 0 Å². The lowest BCUT2D eigenvalue weighted by Gasteiger charge is -2.26. The van der Waals surface area contributed by atoms with Crippen molar-refractivity contribution in [2.45, 2.75) is 0 Å². The number of para-hydroxylation sites is 2. The Hall–Kier alpha value is -7.42. The average Bonchev–Trinajstić information content (AvgIpc) is 3.70. The van der Waals surface area contributed by atoms with Crippen LogP contribution >= 0.6 is 0 Å². The van der Waals surface area contributed by atoms with Crippen molar-refractivity contribution in [1.29, 1.82) is 0 Å². The van der Waals surface area contributed by atoms with Crippen molar-refractivity contribution < 1.29 is 16.4 Å². The van der Waals surface area contributed by atoms with Gasteiger partial charge >= 0.3 is 0 Å². The molecule has 56 heavy (non-hydrogen) atoms. The molecular weight excluding hydrogens is 677 g/mol. The smallest absolute Gasteiger partial charge is 0.0645 e. The van der Waals surface area contributed by atoms with Crippen LogP contribution in [-0.4, -0.2) is 4.57 Å². The summed E-state index contributed by atoms with van der Waals surface area (Å²) in [4.78, 5) is 0.845. The lowest BCUT2D eigenvalue weighted by molar-refractivity contribution is 1.18. The lowest BCUT2D eigenvalue weighted by atomic mass is 10.00. The molecular formula is C54H38N2. The van der Waals surface area contributed by atoms with E-state index in [-0.39, 0.29) is 16.7 Å². The highest BCUT2D eigenvalue weighted by molar-refractivity contribution is 6.09. The van der Waals surface area contributed by atoms with E-state index in [1.54, 1.807) is 72.8 Å². The number of hydrogen-bond acceptors (Lipinski definition) is 1. The zero-order valence-electron chi connectivity index (χ0n) is 41.9. The van der Waals surface area contributed by atoms with Gasteiger partial charge in [-0.25, -0.2) is 0 Å². The van der Waals surface area contributed by atoms with E-state index in [1.165, 1.54) is 0 Å². The number of nitrogens with zero attached hydrogens (tertiary/aromatic N) is 2. The largest absolute Gasteiger partial charge is 0.311 e. The molecule has 0 atom stereocenters. The number of rotatable bonds is 8. The fourth-order valence-electron chi connectivity index (χ4n) is 7.09. The molecule has 1 heterocycles. The molecule has 264 valence electrons. The monoisotopic (exact) mass is 726 g/mol. The average molecular weight is 727 g/mol. The van der Waals surface area contributed by atoms with Gasteiger partial charge in [0.15, 0.2) is 0 Å². The summed E-state index contributed by atoms with van der Waals surface area (Å²) in [6.45, 7) is 0. The van der Waals surface area contributed by atoms with Crippen LogP contribution in [0.4, 0.5) is 17.1 Å². The third kappa shape index (κ3) is 6.24. The maximum absolute atomic E-state index is 9.63. The van der Waals surface area contributed by atoms with Crippen LogP contribution in [0.1, 0.15) is 16.4 Å². The fraction of sp³-hybridized carbons (Fsp3) is 0. The summed E-state index contributed by atoms with van der Waals surface area (Å²) in [6, 6.07) is 40.8. The molecule has 1 aromatic heterocycles. The number of aromatic nitrogens is 1. The number of benzene rings is 9. The van der Waals surface area contributed by atoms with Crippen molar-refractivity contribution in [2.75, 3.05) is 4.90 Å². The highest BCUT2D eigenvalue weighted by atomic mass is 15.1. The normalized spacial score (nSPS) is 14.2. The van der Waals surface area contributed by atoms with E-state index < -0.39 is 89.6 Å². The molecule has 10 aromatic rings. The second kappa shape index (κ2) is 14.4. The second-order valence-electron chi connectivity index (χ2n) is 13.2. The molecule has 0 aliphatic heterocycles. The molecule has 2 heteroatoms. The van der Waals surface area contributed by atoms with E-state index in [9.17, 15) is 16.4 Å². The second-order valence-corrected chi connectivity index (χ2v) is 13.2. The van der Waals surface area contributed by atoms with Crippen molar-refractivity contribution in [3.8, 4) is 50.2 Å². The Bertz CT molecular complexity index is 3510. The zero-order valence-corrected chi connectivity index (χ0v) is 29.9. The van der Waals surface area contributed by atoms with E-state index in [1.807, 2.05) is 84.9 Å². The van der Waals surface area contributed by atoms with Crippen LogP contribution in [0, 0.1) is 0 Å². The van der Waals surface area contributed by atoms with Crippen molar-refractivity contribution in [1.82, 2.24) is 4.57 Å². The first-order valence-corrected chi connectivity index (χ1v) is 18.2. The van der Waals surface area contributed by atoms with Crippen LogP contribution in [0.2, 0.25) is 0 Å². The summed E-state index contributed by atoms with van der Waals surface area (Å²) < 4.78 is 115. The first-order chi connectivity index (χ1) is 32.8. The van der Waals surface area contributed by atoms with Gasteiger partial charge in [0, 0.05) is 33.5 Å². The van der Waals surface area contributed by atoms with Gasteiger partial charge in [-0.1, -0.05) is 170 Å². The number of hydrogen-bond donors (Lipinski definition) is 0. The molecule has 0 amide bonds. The molecule has 10 rings (SSSR count). The van der Waals surface area contributed by atoms with E-state index >= 15 is 0 Å². The Kier molecular flexibility index (Phi) is 5.85. The minimum Gasteiger partial charge on any atom is -0.311 e. The van der Waals surface area contributed by atoms with Crippen molar-refractivity contribution in [3.63, 3.8) is 0 Å². The van der Waals surface area contributed by atoms with Gasteiger partial charge in [-0.3, -0.25) is 0 Å². The zero-order chi connectivity index (χ0) is 47.7. The maximum atomic E-state index is 9.63. The number of anilines is 3. The first kappa shape index (κ1) is 22.7. The lowest BCUT2D eigenvalue weighted by Crippen LogP contribution is -2.09. The van der Waals surface area contributed by atoms with Gasteiger partial charge in [0.05, 0.1) is 27.5 Å². The number of fused-ring (bicyclic) bond motifs is 3. The van der Waals surface area contributed by atoms with E-state index in [2.05, 4.69) is 4.57 Å². The van der Waals surface area contributed by atoms with Crippen LogP contribution in [-0.2, 0) is 0 Å². The van der Waals surface area contributed by atoms with Gasteiger partial charge in [-0.15, -0.1) is 0 Å². The summed E-state index contributed by atoms with van der Waals surface area (Å²) in [5.74, 6) is 0. The van der Waals surface area contributed by atoms with Crippen molar-refractivity contribution in [3.05, 3.63) is 230 Å². The van der Waals surface area contributed by atoms with Crippen LogP contribution in [0.15, 0.2) is 230 Å². The van der Waals surface area contributed by atoms with Gasteiger partial charge in [-0.05, 0) is 105 Å². The maximum Gasteiger partial charge on any atom is 0.0645 e. The quantitative estimate of drug-likeness (QED) is 0.151. The van der Waals surface area contributed by atoms with Crippen LogP contribution in [0.5, 0.6) is 0 Å². The molecule has 0 spiro atoms. The van der Waals surface area contributed by atoms with Gasteiger partial charge < -0.3 is 9.47 Å². The third-order valence-electron chi connectivity index (χ3n) is 9.82. The summed E-state index contributed by atoms with van der Waals surface area (Å²) in [7, 11) is 0. The molecule has 0 aliphatic carbocycles. The van der Waals surface area contributed by atoms with Crippen LogP contribution < -0.4 is 4.90 Å². The van der Waals surface area contributed by atoms with Gasteiger partial charge in [0.2, 0.25) is 0 Å². The molecule has 0 bridgehead atoms. The molecule has 0 unspecified atom stereocenters. The SMILES string of the molecule is [2H]c1c([2H])c(N(c2c([2H])c([2H])c(-c3ccc(-c4ccccc4)cc3)c([2H])c2[2H])c2c([2H])c([2H])c(-c3cccc(-n4c5ccccc5c5ccccc54)c3)c([2H])c2[2H])c([2H])c([2H])c1-c1ccccc1. The minimum absolute atomic E-state index is 0.0452. The summed E-state index contributed by atoms with van der Waals surface area (Å²) in [5.41, 5.74) is 3.51. The Balaban J connectivity index is 1.20. The summed E-state index contributed by atoms with van der Waals surface area (Å²) in [5, 5.41) is 2.05. The molecule has 0 saturated heterocycles. The topological polar surface area (TPSA) is 8.17 Å². The first-order valence-electron chi connectivity index (χ1n) is 24.2. The molecule has 0 saturated carbocycles. The Morgan fingerprint density at radius 2 is 0.661 bits per heavy atom. The third-order valence-corrected chi connectivity index (χ3v) is 9.82. The van der Waals surface area contributed by atoms with Gasteiger partial charge in [0.1, 0.15) is 0 Å². The Morgan fingerprint density at radius 3 is 1.14 bits per heavy atom. The predicted molar refractivity (Wildman–Crippen MR) is 237 cm³/mol. The van der Waals surface area contributed by atoms with Crippen molar-refractivity contribution >= 4 is 38.9 Å². The Labute approximate surface area is 344 Å². The molecule has 9 aromatic carbocycles. The van der Waals surface area contributed by atoms with E-state index in [0.29, 0.717) is 22.4 Å². The van der Waals surface area contributed by atoms with Crippen LogP contribution in [0.3, 0.4) is 0 Å². The predicted octanol–water partition coefficient (Wildman–Crippen LogP) is 14.9. The molecule has 0 aliphatic rings. The highest BCUT2D eigenvalue weighted by Crippen LogP contribution is 2.39. The van der Waals surface area contributed by atoms with Crippen LogP contribution in [0.25, 0.3) is 72.0 Å². The molecule has 0 radical (unpaired) electrons. The Morgan fingerprint density at radius 1 is 0.304 bits per heavy atom. The molecule has 0 fully saturated rings. The standard InChI is InChI=1S/C54H38N2/c1-3-12-39(13-4-1)41-22-24-42(25-23-41)44-28-34-48(35-29-44)55(47-32-26-43(27-33-47)40-14-5-2-6-15-40)49-36-30-45(31-37-49)46-16-11-17-50(38-46)56-53-20-9-7-18-51(53)52-19-8-10-21-54(52)56/h1-38H/i26D,27D,28D,29D,30D,31D,32D,33D,34D,35D,36D,37D. The molecule has 2 nitrogen and oxygen atoms in total. The molecule has 0 N–H and O–H groups in total. The fourth-order valence-corrected chi connectivity index (χ4v) is 7.09. The van der Waals surface area contributed by atoms with E-state index in [0.717, 1.165) is 37.8 Å². The van der Waals surface area contributed by atoms with Crippen molar-refractivity contribution in [2.24, 2.45) is 0 Å². The summed E-state index contributed by atoms with van der Waals surface area (Å²) >= 11 is 0. The minimum atomic E-state index is -0.676. The highest BCUT2D eigenvalue weighted by Gasteiger charge is 2.15. The van der Waals surface area contributed by atoms with Gasteiger partial charge in [0.25, 0.3) is 0 Å². The van der Waals surface area contributed by atoms with E-state index in [4.69, 9.17) is 0 Å². The summed E-state index contributed by atoms with van der Waals surface area (Å²) in [6.07, 6.45) is 0.